The summed E-state index contributed by atoms with van der Waals surface area (Å²) >= 11 is 1.67. The summed E-state index contributed by atoms with van der Waals surface area (Å²) < 4.78 is 5.68. The molecule has 154 valence electrons. The lowest BCUT2D eigenvalue weighted by molar-refractivity contribution is -0.141. The quantitative estimate of drug-likeness (QED) is 0.547. The second-order valence-corrected chi connectivity index (χ2v) is 8.50. The van der Waals surface area contributed by atoms with E-state index in [-0.39, 0.29) is 30.2 Å². The van der Waals surface area contributed by atoms with E-state index in [1.54, 1.807) is 11.8 Å². The summed E-state index contributed by atoms with van der Waals surface area (Å²) in [5.41, 5.74) is 4.10. The number of carbonyl (C=O) groups excluding carboxylic acids is 2. The van der Waals surface area contributed by atoms with Crippen LogP contribution in [0.5, 0.6) is 0 Å². The van der Waals surface area contributed by atoms with Gasteiger partial charge in [0, 0.05) is 28.6 Å². The zero-order valence-electron chi connectivity index (χ0n) is 17.2. The van der Waals surface area contributed by atoms with Gasteiger partial charge in [0.25, 0.3) is 0 Å². The van der Waals surface area contributed by atoms with Gasteiger partial charge < -0.3 is 10.1 Å². The number of ketones is 1. The van der Waals surface area contributed by atoms with Crippen molar-refractivity contribution in [1.82, 2.24) is 5.32 Å². The van der Waals surface area contributed by atoms with Crippen LogP contribution < -0.4 is 5.32 Å². The third kappa shape index (κ3) is 4.08. The van der Waals surface area contributed by atoms with Crippen LogP contribution in [-0.2, 0) is 20.9 Å². The molecule has 0 saturated heterocycles. The van der Waals surface area contributed by atoms with Gasteiger partial charge in [-0.15, -0.1) is 11.8 Å². The fourth-order valence-corrected chi connectivity index (χ4v) is 4.66. The highest BCUT2D eigenvalue weighted by molar-refractivity contribution is 7.98. The number of hydrogen-bond acceptors (Lipinski definition) is 5. The number of hydrogen-bond donors (Lipinski definition) is 1. The van der Waals surface area contributed by atoms with Gasteiger partial charge in [0.2, 0.25) is 0 Å². The predicted octanol–water partition coefficient (Wildman–Crippen LogP) is 4.98. The molecule has 5 heteroatoms. The monoisotopic (exact) mass is 419 g/mol. The highest BCUT2D eigenvalue weighted by atomic mass is 32.2. The minimum Gasteiger partial charge on any atom is -0.457 e. The Morgan fingerprint density at radius 2 is 1.83 bits per heavy atom. The molecule has 0 spiro atoms. The van der Waals surface area contributed by atoms with Gasteiger partial charge >= 0.3 is 5.97 Å². The minimum absolute atomic E-state index is 0.166. The summed E-state index contributed by atoms with van der Waals surface area (Å²) in [6.07, 6.45) is 5.35. The van der Waals surface area contributed by atoms with Crippen molar-refractivity contribution in [2.75, 3.05) is 6.26 Å². The Balaban J connectivity index is 1.70. The number of ether oxygens (including phenoxy) is 1. The van der Waals surface area contributed by atoms with E-state index in [2.05, 4.69) is 11.4 Å². The van der Waals surface area contributed by atoms with Gasteiger partial charge in [0.05, 0.1) is 11.5 Å². The fraction of sp³-hybridized carbons (Fsp3) is 0.280. The van der Waals surface area contributed by atoms with Crippen LogP contribution in [0.2, 0.25) is 0 Å². The van der Waals surface area contributed by atoms with Crippen molar-refractivity contribution < 1.29 is 14.3 Å². The van der Waals surface area contributed by atoms with Gasteiger partial charge in [-0.2, -0.15) is 0 Å². The number of Topliss-reactive ketones (excluding diaryl/α,β-unsaturated/α-hetero) is 1. The molecule has 30 heavy (non-hydrogen) atoms. The number of allylic oxidation sites excluding steroid dienone is 3. The van der Waals surface area contributed by atoms with Crippen molar-refractivity contribution in [3.8, 4) is 0 Å². The summed E-state index contributed by atoms with van der Waals surface area (Å²) in [5.74, 6) is -0.925. The number of carbonyl (C=O) groups is 2. The molecule has 0 amide bonds. The van der Waals surface area contributed by atoms with Crippen LogP contribution in [0, 0.1) is 5.92 Å². The summed E-state index contributed by atoms with van der Waals surface area (Å²) in [5, 5.41) is 3.32. The maximum atomic E-state index is 13.2. The highest BCUT2D eigenvalue weighted by Gasteiger charge is 2.43. The van der Waals surface area contributed by atoms with Crippen LogP contribution in [0.1, 0.15) is 36.8 Å². The van der Waals surface area contributed by atoms with Crippen LogP contribution in [0.3, 0.4) is 0 Å². The van der Waals surface area contributed by atoms with E-state index in [9.17, 15) is 9.59 Å². The molecule has 2 aromatic rings. The largest absolute Gasteiger partial charge is 0.457 e. The first-order chi connectivity index (χ1) is 14.6. The van der Waals surface area contributed by atoms with Gasteiger partial charge in [-0.3, -0.25) is 4.79 Å². The van der Waals surface area contributed by atoms with Crippen molar-refractivity contribution in [3.05, 3.63) is 88.8 Å². The Labute approximate surface area is 181 Å². The summed E-state index contributed by atoms with van der Waals surface area (Å²) in [6.45, 7) is 2.09. The third-order valence-corrected chi connectivity index (χ3v) is 6.47. The predicted molar refractivity (Wildman–Crippen MR) is 119 cm³/mol. The number of nitrogens with one attached hydrogen (secondary N) is 1. The molecule has 2 atom stereocenters. The number of esters is 1. The first kappa shape index (κ1) is 20.5. The number of rotatable bonds is 5. The SMILES string of the molecule is CSc1ccc(C2C(C(=O)OCc3ccccc3)=C(C)NC3=CCCC(=O)C32)cc1. The standard InChI is InChI=1S/C25H25NO3S/c1-16-22(25(28)29-15-17-7-4-3-5-8-17)23(18-11-13-19(30-2)14-12-18)24-20(26-16)9-6-10-21(24)27/h3-5,7-9,11-14,23-24,26H,6,10,15H2,1-2H3. The molecule has 0 saturated carbocycles. The third-order valence-electron chi connectivity index (χ3n) is 5.72. The van der Waals surface area contributed by atoms with Crippen molar-refractivity contribution >= 4 is 23.5 Å². The molecule has 0 radical (unpaired) electrons. The molecule has 1 heterocycles. The second kappa shape index (κ2) is 8.92. The van der Waals surface area contributed by atoms with Crippen LogP contribution in [0.4, 0.5) is 0 Å². The summed E-state index contributed by atoms with van der Waals surface area (Å²) in [4.78, 5) is 27.3. The van der Waals surface area contributed by atoms with Crippen molar-refractivity contribution in [1.29, 1.82) is 0 Å². The normalized spacial score (nSPS) is 20.9. The molecule has 0 fully saturated rings. The first-order valence-corrected chi connectivity index (χ1v) is 11.4. The fourth-order valence-electron chi connectivity index (χ4n) is 4.26. The molecule has 2 unspecified atom stereocenters. The van der Waals surface area contributed by atoms with Crippen LogP contribution in [0.15, 0.2) is 82.5 Å². The van der Waals surface area contributed by atoms with E-state index < -0.39 is 0 Å². The first-order valence-electron chi connectivity index (χ1n) is 10.1. The van der Waals surface area contributed by atoms with E-state index in [4.69, 9.17) is 4.74 Å². The van der Waals surface area contributed by atoms with Crippen molar-refractivity contribution in [3.63, 3.8) is 0 Å². The Morgan fingerprint density at radius 1 is 1.10 bits per heavy atom. The van der Waals surface area contributed by atoms with Crippen molar-refractivity contribution in [2.24, 2.45) is 5.92 Å². The van der Waals surface area contributed by atoms with E-state index in [0.717, 1.165) is 33.8 Å². The lowest BCUT2D eigenvalue weighted by Gasteiger charge is -2.38. The summed E-state index contributed by atoms with van der Waals surface area (Å²) in [6, 6.07) is 17.8. The average molecular weight is 420 g/mol. The van der Waals surface area contributed by atoms with Gasteiger partial charge in [-0.1, -0.05) is 48.5 Å². The van der Waals surface area contributed by atoms with E-state index in [1.807, 2.05) is 67.8 Å². The number of fused-ring (bicyclic) bond motifs is 1. The van der Waals surface area contributed by atoms with Crippen molar-refractivity contribution in [2.45, 2.75) is 37.2 Å². The molecule has 0 bridgehead atoms. The highest BCUT2D eigenvalue weighted by Crippen LogP contribution is 2.44. The minimum atomic E-state index is -0.375. The maximum absolute atomic E-state index is 13.2. The number of benzene rings is 2. The van der Waals surface area contributed by atoms with E-state index in [0.29, 0.717) is 12.0 Å². The van der Waals surface area contributed by atoms with E-state index >= 15 is 0 Å². The van der Waals surface area contributed by atoms with Gasteiger partial charge in [0.15, 0.2) is 0 Å². The molecule has 0 aromatic heterocycles. The van der Waals surface area contributed by atoms with Gasteiger partial charge in [0.1, 0.15) is 12.4 Å². The number of thioether (sulfide) groups is 1. The molecule has 2 aromatic carbocycles. The average Bonchev–Trinajstić information content (AvgIpc) is 2.77. The Morgan fingerprint density at radius 3 is 2.53 bits per heavy atom. The zero-order valence-corrected chi connectivity index (χ0v) is 18.0. The molecular weight excluding hydrogens is 394 g/mol. The molecule has 1 aliphatic carbocycles. The molecule has 1 aliphatic heterocycles. The smallest absolute Gasteiger partial charge is 0.336 e. The zero-order chi connectivity index (χ0) is 21.1. The molecule has 4 rings (SSSR count). The summed E-state index contributed by atoms with van der Waals surface area (Å²) in [7, 11) is 0. The molecule has 4 nitrogen and oxygen atoms in total. The van der Waals surface area contributed by atoms with Gasteiger partial charge in [-0.05, 0) is 42.9 Å². The van der Waals surface area contributed by atoms with Gasteiger partial charge in [-0.25, -0.2) is 4.79 Å². The second-order valence-electron chi connectivity index (χ2n) is 7.62. The van der Waals surface area contributed by atoms with Crippen LogP contribution >= 0.6 is 11.8 Å². The lowest BCUT2D eigenvalue weighted by Crippen LogP contribution is -2.40. The Kier molecular flexibility index (Phi) is 6.09. The topological polar surface area (TPSA) is 55.4 Å². The Hall–Kier alpha value is -2.79. The lowest BCUT2D eigenvalue weighted by atomic mass is 9.71. The molecule has 1 N–H and O–H groups in total. The van der Waals surface area contributed by atoms with E-state index in [1.165, 1.54) is 0 Å². The molecule has 2 aliphatic rings. The Bertz CT molecular complexity index is 1010. The van der Waals surface area contributed by atoms with Crippen LogP contribution in [0.25, 0.3) is 0 Å². The maximum Gasteiger partial charge on any atom is 0.336 e. The molecular formula is C25H25NO3S. The van der Waals surface area contributed by atoms with Crippen LogP contribution in [-0.4, -0.2) is 18.0 Å².